The van der Waals surface area contributed by atoms with Gasteiger partial charge in [-0.1, -0.05) is 42.8 Å². The Morgan fingerprint density at radius 1 is 1.16 bits per heavy atom. The molecule has 25 heavy (non-hydrogen) atoms. The molecule has 0 fully saturated rings. The third kappa shape index (κ3) is 3.66. The minimum absolute atomic E-state index is 0.0807. The summed E-state index contributed by atoms with van der Waals surface area (Å²) >= 11 is 0. The first-order valence-corrected chi connectivity index (χ1v) is 10.0. The Kier molecular flexibility index (Phi) is 4.77. The summed E-state index contributed by atoms with van der Waals surface area (Å²) in [5.41, 5.74) is 3.33. The lowest BCUT2D eigenvalue weighted by molar-refractivity contribution is 0.0983. The molecule has 0 aliphatic carbocycles. The molecule has 0 radical (unpaired) electrons. The molecule has 0 saturated heterocycles. The van der Waals surface area contributed by atoms with Crippen LogP contribution in [0.5, 0.6) is 0 Å². The van der Waals surface area contributed by atoms with Gasteiger partial charge in [-0.25, -0.2) is 8.42 Å². The number of hydrogen-bond donors (Lipinski definition) is 0. The van der Waals surface area contributed by atoms with E-state index in [1.165, 1.54) is 5.41 Å². The van der Waals surface area contributed by atoms with Crippen LogP contribution >= 0.6 is 0 Å². The van der Waals surface area contributed by atoms with Crippen molar-refractivity contribution >= 4 is 21.4 Å². The van der Waals surface area contributed by atoms with Gasteiger partial charge in [-0.15, -0.1) is 0 Å². The van der Waals surface area contributed by atoms with Gasteiger partial charge in [0.1, 0.15) is 0 Å². The van der Waals surface area contributed by atoms with Crippen LogP contribution in [0.15, 0.2) is 60.0 Å². The largest absolute Gasteiger partial charge is 0.300 e. The van der Waals surface area contributed by atoms with Crippen molar-refractivity contribution in [3.05, 3.63) is 76.7 Å². The number of carbonyl (C=O) groups excluding carboxylic acids is 1. The third-order valence-corrected chi connectivity index (χ3v) is 5.74. The van der Waals surface area contributed by atoms with Crippen molar-refractivity contribution in [3.63, 3.8) is 0 Å². The zero-order valence-corrected chi connectivity index (χ0v) is 15.2. The van der Waals surface area contributed by atoms with E-state index in [-0.39, 0.29) is 11.7 Å². The molecule has 130 valence electrons. The second kappa shape index (κ2) is 6.84. The van der Waals surface area contributed by atoms with Gasteiger partial charge in [-0.3, -0.25) is 4.79 Å². The van der Waals surface area contributed by atoms with E-state index in [1.54, 1.807) is 17.0 Å². The molecule has 5 heteroatoms. The van der Waals surface area contributed by atoms with Gasteiger partial charge in [0, 0.05) is 16.7 Å². The summed E-state index contributed by atoms with van der Waals surface area (Å²) in [4.78, 5) is 14.9. The first-order chi connectivity index (χ1) is 11.9. The third-order valence-electron chi connectivity index (χ3n) is 4.36. The molecule has 1 amide bonds. The molecule has 4 nitrogen and oxygen atoms in total. The summed E-state index contributed by atoms with van der Waals surface area (Å²) in [6, 6.07) is 14.5. The van der Waals surface area contributed by atoms with E-state index in [2.05, 4.69) is 0 Å². The molecule has 1 atom stereocenters. The maximum atomic E-state index is 13.3. The number of anilines is 1. The van der Waals surface area contributed by atoms with Crippen molar-refractivity contribution in [2.75, 3.05) is 10.7 Å². The number of sulfone groups is 1. The van der Waals surface area contributed by atoms with Gasteiger partial charge in [0.05, 0.1) is 11.8 Å². The van der Waals surface area contributed by atoms with Crippen LogP contribution in [0.2, 0.25) is 0 Å². The normalized spacial score (nSPS) is 18.2. The zero-order valence-electron chi connectivity index (χ0n) is 14.3. The Labute approximate surface area is 148 Å². The van der Waals surface area contributed by atoms with Gasteiger partial charge in [0.15, 0.2) is 9.84 Å². The summed E-state index contributed by atoms with van der Waals surface area (Å²) in [5.74, 6) is -0.265. The molecule has 1 aliphatic rings. The van der Waals surface area contributed by atoms with Crippen LogP contribution in [-0.2, 0) is 16.3 Å². The Morgan fingerprint density at radius 2 is 1.92 bits per heavy atom. The van der Waals surface area contributed by atoms with Crippen LogP contribution in [0.1, 0.15) is 28.4 Å². The number of benzene rings is 2. The monoisotopic (exact) mass is 355 g/mol. The summed E-state index contributed by atoms with van der Waals surface area (Å²) in [5, 5.41) is 1.21. The molecule has 0 bridgehead atoms. The smallest absolute Gasteiger partial charge is 0.258 e. The number of aryl methyl sites for hydroxylation is 2. The number of para-hydroxylation sites is 1. The standard InChI is InChI=1S/C20H21NO3S/c1-3-16-8-4-5-10-19(16)21(18-11-12-25(23,24)14-18)20(22)17-9-6-7-15(2)13-17/h4-13,18H,3,14H2,1-2H3. The van der Waals surface area contributed by atoms with Crippen molar-refractivity contribution in [1.29, 1.82) is 0 Å². The topological polar surface area (TPSA) is 54.5 Å². The highest BCUT2D eigenvalue weighted by Crippen LogP contribution is 2.28. The molecule has 0 saturated carbocycles. The van der Waals surface area contributed by atoms with Crippen LogP contribution in [0.3, 0.4) is 0 Å². The van der Waals surface area contributed by atoms with E-state index in [0.29, 0.717) is 5.56 Å². The maximum absolute atomic E-state index is 13.3. The first kappa shape index (κ1) is 17.4. The maximum Gasteiger partial charge on any atom is 0.258 e. The highest BCUT2D eigenvalue weighted by atomic mass is 32.2. The number of carbonyl (C=O) groups is 1. The molecule has 0 aromatic heterocycles. The molecule has 2 aromatic carbocycles. The van der Waals surface area contributed by atoms with Crippen LogP contribution in [0, 0.1) is 6.92 Å². The molecule has 3 rings (SSSR count). The quantitative estimate of drug-likeness (QED) is 0.843. The number of hydrogen-bond acceptors (Lipinski definition) is 3. The van der Waals surface area contributed by atoms with E-state index in [9.17, 15) is 13.2 Å². The van der Waals surface area contributed by atoms with E-state index >= 15 is 0 Å². The minimum Gasteiger partial charge on any atom is -0.300 e. The highest BCUT2D eigenvalue weighted by Gasteiger charge is 2.32. The second-order valence-electron chi connectivity index (χ2n) is 6.25. The van der Waals surface area contributed by atoms with Crippen LogP contribution in [-0.4, -0.2) is 26.1 Å². The average molecular weight is 355 g/mol. The van der Waals surface area contributed by atoms with Crippen molar-refractivity contribution < 1.29 is 13.2 Å². The number of nitrogens with zero attached hydrogens (tertiary/aromatic N) is 1. The lowest BCUT2D eigenvalue weighted by atomic mass is 10.0. The van der Waals surface area contributed by atoms with Crippen LogP contribution in [0.4, 0.5) is 5.69 Å². The Morgan fingerprint density at radius 3 is 2.56 bits per heavy atom. The van der Waals surface area contributed by atoms with E-state index in [0.717, 1.165) is 23.2 Å². The first-order valence-electron chi connectivity index (χ1n) is 8.30. The van der Waals surface area contributed by atoms with Gasteiger partial charge >= 0.3 is 0 Å². The van der Waals surface area contributed by atoms with Gasteiger partial charge in [0.2, 0.25) is 0 Å². The molecule has 0 spiro atoms. The fraction of sp³-hybridized carbons (Fsp3) is 0.250. The lowest BCUT2D eigenvalue weighted by Gasteiger charge is -2.29. The van der Waals surface area contributed by atoms with Crippen molar-refractivity contribution in [2.45, 2.75) is 26.3 Å². The van der Waals surface area contributed by atoms with E-state index in [4.69, 9.17) is 0 Å². The molecular weight excluding hydrogens is 334 g/mol. The summed E-state index contributed by atoms with van der Waals surface area (Å²) in [7, 11) is -3.27. The zero-order chi connectivity index (χ0) is 18.0. The van der Waals surface area contributed by atoms with Crippen molar-refractivity contribution in [2.24, 2.45) is 0 Å². The minimum atomic E-state index is -3.27. The van der Waals surface area contributed by atoms with Gasteiger partial charge in [0.25, 0.3) is 5.91 Å². The van der Waals surface area contributed by atoms with Gasteiger partial charge in [-0.05, 0) is 43.2 Å². The summed E-state index contributed by atoms with van der Waals surface area (Å²) in [6.07, 6.45) is 2.37. The molecule has 2 aromatic rings. The predicted octanol–water partition coefficient (Wildman–Crippen LogP) is 3.51. The molecule has 1 aliphatic heterocycles. The van der Waals surface area contributed by atoms with E-state index in [1.807, 2.05) is 56.3 Å². The van der Waals surface area contributed by atoms with E-state index < -0.39 is 15.9 Å². The van der Waals surface area contributed by atoms with Crippen molar-refractivity contribution in [1.82, 2.24) is 0 Å². The average Bonchev–Trinajstić information content (AvgIpc) is 2.95. The Bertz CT molecular complexity index is 931. The predicted molar refractivity (Wildman–Crippen MR) is 101 cm³/mol. The molecule has 0 N–H and O–H groups in total. The second-order valence-corrected chi connectivity index (χ2v) is 8.18. The Balaban J connectivity index is 2.09. The lowest BCUT2D eigenvalue weighted by Crippen LogP contribution is -2.41. The summed E-state index contributed by atoms with van der Waals surface area (Å²) in [6.45, 7) is 3.95. The van der Waals surface area contributed by atoms with Crippen molar-refractivity contribution in [3.8, 4) is 0 Å². The highest BCUT2D eigenvalue weighted by molar-refractivity contribution is 7.94. The Hall–Kier alpha value is -2.40. The number of rotatable bonds is 4. The fourth-order valence-electron chi connectivity index (χ4n) is 3.12. The fourth-order valence-corrected chi connectivity index (χ4v) is 4.39. The molecule has 1 heterocycles. The van der Waals surface area contributed by atoms with Crippen LogP contribution < -0.4 is 4.90 Å². The van der Waals surface area contributed by atoms with Crippen LogP contribution in [0.25, 0.3) is 0 Å². The summed E-state index contributed by atoms with van der Waals surface area (Å²) < 4.78 is 23.8. The molecule has 1 unspecified atom stereocenters. The SMILES string of the molecule is CCc1ccccc1N(C(=O)c1cccc(C)c1)C1C=CS(=O)(=O)C1. The number of amides is 1. The van der Waals surface area contributed by atoms with Gasteiger partial charge < -0.3 is 4.90 Å². The molecular formula is C20H21NO3S. The van der Waals surface area contributed by atoms with Gasteiger partial charge in [-0.2, -0.15) is 0 Å².